The molecule has 0 saturated carbocycles. The molecule has 1 heterocycles. The summed E-state index contributed by atoms with van der Waals surface area (Å²) in [5.41, 5.74) is 1.31. The lowest BCUT2D eigenvalue weighted by molar-refractivity contribution is 0.259. The van der Waals surface area contributed by atoms with Gasteiger partial charge in [0.25, 0.3) is 0 Å². The summed E-state index contributed by atoms with van der Waals surface area (Å²) < 4.78 is 0. The quantitative estimate of drug-likeness (QED) is 0.646. The van der Waals surface area contributed by atoms with Crippen molar-refractivity contribution < 1.29 is 0 Å². The largest absolute Gasteiger partial charge is 0.306 e. The Hall–Kier alpha value is -1.02. The second kappa shape index (κ2) is 3.79. The molecule has 0 unspecified atom stereocenters. The van der Waals surface area contributed by atoms with Crippen LogP contribution in [-0.4, -0.2) is 25.1 Å². The topological polar surface area (TPSA) is 6.48 Å². The molecule has 1 saturated heterocycles. The average Bonchev–Trinajstić information content (AvgIpc) is 2.20. The highest BCUT2D eigenvalue weighted by atomic mass is 15.6. The van der Waals surface area contributed by atoms with Gasteiger partial charge < -0.3 is 5.01 Å². The van der Waals surface area contributed by atoms with Crippen LogP contribution in [-0.2, 0) is 0 Å². The van der Waals surface area contributed by atoms with Crippen LogP contribution < -0.4 is 5.01 Å². The molecule has 2 nitrogen and oxygen atoms in total. The number of benzene rings is 1. The first-order valence-corrected chi connectivity index (χ1v) is 4.91. The van der Waals surface area contributed by atoms with Crippen molar-refractivity contribution in [3.63, 3.8) is 0 Å². The molecule has 0 bridgehead atoms. The minimum Gasteiger partial charge on any atom is -0.306 e. The SMILES string of the molecule is CN1CCCCN1c1ccccc1. The zero-order chi connectivity index (χ0) is 9.10. The average molecular weight is 176 g/mol. The molecule has 1 aliphatic heterocycles. The minimum absolute atomic E-state index is 1.15. The highest BCUT2D eigenvalue weighted by molar-refractivity contribution is 5.44. The Labute approximate surface area is 79.7 Å². The molecule has 13 heavy (non-hydrogen) atoms. The molecule has 1 aliphatic rings. The number of rotatable bonds is 1. The second-order valence-electron chi connectivity index (χ2n) is 3.55. The molecule has 1 aromatic carbocycles. The molecular formula is C11H16N2. The van der Waals surface area contributed by atoms with E-state index in [9.17, 15) is 0 Å². The van der Waals surface area contributed by atoms with Crippen molar-refractivity contribution >= 4 is 5.69 Å². The monoisotopic (exact) mass is 176 g/mol. The normalized spacial score (nSPS) is 19.0. The summed E-state index contributed by atoms with van der Waals surface area (Å²) in [6.07, 6.45) is 2.62. The summed E-state index contributed by atoms with van der Waals surface area (Å²) in [5.74, 6) is 0. The van der Waals surface area contributed by atoms with Gasteiger partial charge in [-0.2, -0.15) is 0 Å². The first kappa shape index (κ1) is 8.57. The van der Waals surface area contributed by atoms with Crippen LogP contribution in [0.4, 0.5) is 5.69 Å². The summed E-state index contributed by atoms with van der Waals surface area (Å²) in [4.78, 5) is 0. The Morgan fingerprint density at radius 1 is 1.00 bits per heavy atom. The second-order valence-corrected chi connectivity index (χ2v) is 3.55. The smallest absolute Gasteiger partial charge is 0.0522 e. The number of anilines is 1. The molecule has 70 valence electrons. The van der Waals surface area contributed by atoms with Crippen molar-refractivity contribution in [2.75, 3.05) is 25.1 Å². The van der Waals surface area contributed by atoms with Gasteiger partial charge in [-0.15, -0.1) is 0 Å². The fourth-order valence-corrected chi connectivity index (χ4v) is 1.82. The maximum atomic E-state index is 2.35. The van der Waals surface area contributed by atoms with Crippen LogP contribution in [0.2, 0.25) is 0 Å². The third-order valence-corrected chi connectivity index (χ3v) is 2.57. The third kappa shape index (κ3) is 1.83. The molecule has 0 amide bonds. The standard InChI is InChI=1S/C11H16N2/c1-12-9-5-6-10-13(12)11-7-3-2-4-8-11/h2-4,7-8H,5-6,9-10H2,1H3. The Bertz CT molecular complexity index is 258. The molecule has 0 atom stereocenters. The van der Waals surface area contributed by atoms with E-state index in [1.54, 1.807) is 0 Å². The van der Waals surface area contributed by atoms with E-state index in [4.69, 9.17) is 0 Å². The number of hydrazine groups is 1. The van der Waals surface area contributed by atoms with E-state index in [1.165, 1.54) is 25.1 Å². The van der Waals surface area contributed by atoms with Crippen molar-refractivity contribution in [3.8, 4) is 0 Å². The van der Waals surface area contributed by atoms with Gasteiger partial charge in [0.15, 0.2) is 0 Å². The molecule has 0 spiro atoms. The summed E-state index contributed by atoms with van der Waals surface area (Å²) in [5, 5.41) is 4.66. The Balaban J connectivity index is 2.15. The van der Waals surface area contributed by atoms with Gasteiger partial charge in [-0.05, 0) is 25.0 Å². The van der Waals surface area contributed by atoms with E-state index in [-0.39, 0.29) is 0 Å². The van der Waals surface area contributed by atoms with Gasteiger partial charge in [-0.25, -0.2) is 5.01 Å². The summed E-state index contributed by atoms with van der Waals surface area (Å²) >= 11 is 0. The molecule has 0 radical (unpaired) electrons. The van der Waals surface area contributed by atoms with Crippen LogP contribution >= 0.6 is 0 Å². The molecule has 0 aliphatic carbocycles. The maximum absolute atomic E-state index is 2.35. The Morgan fingerprint density at radius 2 is 1.69 bits per heavy atom. The highest BCUT2D eigenvalue weighted by Crippen LogP contribution is 2.18. The number of nitrogens with zero attached hydrogens (tertiary/aromatic N) is 2. The predicted molar refractivity (Wildman–Crippen MR) is 55.7 cm³/mol. The van der Waals surface area contributed by atoms with E-state index in [2.05, 4.69) is 47.4 Å². The zero-order valence-electron chi connectivity index (χ0n) is 8.11. The van der Waals surface area contributed by atoms with Crippen molar-refractivity contribution in [1.82, 2.24) is 5.01 Å². The van der Waals surface area contributed by atoms with E-state index in [1.807, 2.05) is 0 Å². The van der Waals surface area contributed by atoms with Gasteiger partial charge in [0.1, 0.15) is 0 Å². The first-order valence-electron chi connectivity index (χ1n) is 4.91. The van der Waals surface area contributed by atoms with Crippen molar-refractivity contribution in [2.24, 2.45) is 0 Å². The first-order chi connectivity index (χ1) is 6.38. The van der Waals surface area contributed by atoms with Crippen LogP contribution in [0.25, 0.3) is 0 Å². The lowest BCUT2D eigenvalue weighted by Gasteiger charge is -2.37. The molecular weight excluding hydrogens is 160 g/mol. The van der Waals surface area contributed by atoms with E-state index < -0.39 is 0 Å². The molecule has 2 heteroatoms. The van der Waals surface area contributed by atoms with Crippen LogP contribution in [0.5, 0.6) is 0 Å². The summed E-state index contributed by atoms with van der Waals surface area (Å²) in [6, 6.07) is 10.6. The summed E-state index contributed by atoms with van der Waals surface area (Å²) in [6.45, 7) is 2.33. The van der Waals surface area contributed by atoms with Gasteiger partial charge in [-0.1, -0.05) is 18.2 Å². The lowest BCUT2D eigenvalue weighted by Crippen LogP contribution is -2.44. The van der Waals surface area contributed by atoms with Crippen molar-refractivity contribution in [1.29, 1.82) is 0 Å². The van der Waals surface area contributed by atoms with Gasteiger partial charge in [0.2, 0.25) is 0 Å². The number of hydrogen-bond acceptors (Lipinski definition) is 2. The molecule has 1 fully saturated rings. The van der Waals surface area contributed by atoms with Gasteiger partial charge in [0, 0.05) is 20.1 Å². The number of hydrogen-bond donors (Lipinski definition) is 0. The predicted octanol–water partition coefficient (Wildman–Crippen LogP) is 2.13. The third-order valence-electron chi connectivity index (χ3n) is 2.57. The van der Waals surface area contributed by atoms with E-state index in [0.29, 0.717) is 0 Å². The molecule has 0 aromatic heterocycles. The van der Waals surface area contributed by atoms with Crippen LogP contribution in [0.1, 0.15) is 12.8 Å². The Kier molecular flexibility index (Phi) is 2.50. The highest BCUT2D eigenvalue weighted by Gasteiger charge is 2.15. The van der Waals surface area contributed by atoms with Gasteiger partial charge in [0.05, 0.1) is 5.69 Å². The zero-order valence-corrected chi connectivity index (χ0v) is 8.11. The van der Waals surface area contributed by atoms with Crippen molar-refractivity contribution in [3.05, 3.63) is 30.3 Å². The van der Waals surface area contributed by atoms with E-state index in [0.717, 1.165) is 6.54 Å². The van der Waals surface area contributed by atoms with E-state index >= 15 is 0 Å². The molecule has 1 aromatic rings. The molecule has 2 rings (SSSR count). The van der Waals surface area contributed by atoms with Gasteiger partial charge in [-0.3, -0.25) is 0 Å². The number of para-hydroxylation sites is 1. The van der Waals surface area contributed by atoms with Crippen LogP contribution in [0.3, 0.4) is 0 Å². The fraction of sp³-hybridized carbons (Fsp3) is 0.455. The molecule has 0 N–H and O–H groups in total. The van der Waals surface area contributed by atoms with Crippen LogP contribution in [0, 0.1) is 0 Å². The maximum Gasteiger partial charge on any atom is 0.0522 e. The fourth-order valence-electron chi connectivity index (χ4n) is 1.82. The minimum atomic E-state index is 1.15. The Morgan fingerprint density at radius 3 is 2.38 bits per heavy atom. The van der Waals surface area contributed by atoms with Crippen LogP contribution in [0.15, 0.2) is 30.3 Å². The van der Waals surface area contributed by atoms with Gasteiger partial charge >= 0.3 is 0 Å². The summed E-state index contributed by atoms with van der Waals surface area (Å²) in [7, 11) is 2.16. The van der Waals surface area contributed by atoms with Crippen molar-refractivity contribution in [2.45, 2.75) is 12.8 Å². The lowest BCUT2D eigenvalue weighted by atomic mass is 10.2.